The number of nitrogens with zero attached hydrogens (tertiary/aromatic N) is 2. The molecule has 0 aliphatic carbocycles. The lowest BCUT2D eigenvalue weighted by Gasteiger charge is -2.31. The van der Waals surface area contributed by atoms with Gasteiger partial charge in [-0.25, -0.2) is 0 Å². The van der Waals surface area contributed by atoms with Crippen LogP contribution in [0.2, 0.25) is 0 Å². The number of ether oxygens (including phenoxy) is 2. The van der Waals surface area contributed by atoms with Gasteiger partial charge in [0.1, 0.15) is 11.5 Å². The fraction of sp³-hybridized carbons (Fsp3) is 0.360. The van der Waals surface area contributed by atoms with Crippen LogP contribution in [-0.4, -0.2) is 29.2 Å². The molecule has 4 nitrogen and oxygen atoms in total. The lowest BCUT2D eigenvalue weighted by atomic mass is 10.0. The average molecular weight is 391 g/mol. The van der Waals surface area contributed by atoms with Crippen LogP contribution in [0.3, 0.4) is 0 Å². The monoisotopic (exact) mass is 390 g/mol. The summed E-state index contributed by atoms with van der Waals surface area (Å²) in [4.78, 5) is 2.59. The zero-order chi connectivity index (χ0) is 20.1. The molecule has 0 fully saturated rings. The summed E-state index contributed by atoms with van der Waals surface area (Å²) in [6.45, 7) is 8.46. The molecule has 0 spiro atoms. The smallest absolute Gasteiger partial charge is 0.119 e. The highest BCUT2D eigenvalue weighted by atomic mass is 16.5. The molecular weight excluding hydrogens is 360 g/mol. The number of hydrogen-bond donors (Lipinski definition) is 0. The van der Waals surface area contributed by atoms with E-state index in [0.717, 1.165) is 37.6 Å². The van der Waals surface area contributed by atoms with Crippen LogP contribution in [0.1, 0.15) is 43.1 Å². The van der Waals surface area contributed by atoms with E-state index in [1.807, 2.05) is 13.8 Å². The van der Waals surface area contributed by atoms with Gasteiger partial charge < -0.3 is 14.0 Å². The van der Waals surface area contributed by atoms with Crippen molar-refractivity contribution in [2.75, 3.05) is 19.8 Å². The standard InChI is InChI=1S/C25H30N2O2/c1-3-28-22-12-8-20(9-13-22)19-27-18-6-17-26-16-5-7-24(26)25(27)21-10-14-23(15-11-21)29-4-2/h5,7-16,25H,3-4,6,17-19H2,1-2H3/t25-/m0/s1. The van der Waals surface area contributed by atoms with E-state index in [-0.39, 0.29) is 6.04 Å². The molecule has 0 bridgehead atoms. The van der Waals surface area contributed by atoms with Gasteiger partial charge in [0.15, 0.2) is 0 Å². The van der Waals surface area contributed by atoms with Crippen LogP contribution in [0.25, 0.3) is 0 Å². The van der Waals surface area contributed by atoms with E-state index < -0.39 is 0 Å². The van der Waals surface area contributed by atoms with E-state index in [9.17, 15) is 0 Å². The van der Waals surface area contributed by atoms with Gasteiger partial charge in [-0.05, 0) is 67.8 Å². The highest BCUT2D eigenvalue weighted by Crippen LogP contribution is 2.34. The SMILES string of the molecule is CCOc1ccc(CN2CCCn3cccc3[C@@H]2c2ccc(OCC)cc2)cc1. The van der Waals surface area contributed by atoms with Crippen molar-refractivity contribution in [1.29, 1.82) is 0 Å². The second-order valence-electron chi connectivity index (χ2n) is 7.43. The third-order valence-electron chi connectivity index (χ3n) is 5.48. The second-order valence-corrected chi connectivity index (χ2v) is 7.43. The second kappa shape index (κ2) is 9.19. The molecule has 2 heterocycles. The minimum atomic E-state index is 0.231. The van der Waals surface area contributed by atoms with Crippen LogP contribution < -0.4 is 9.47 Å². The van der Waals surface area contributed by atoms with Gasteiger partial charge in [-0.2, -0.15) is 0 Å². The van der Waals surface area contributed by atoms with Crippen LogP contribution in [0, 0.1) is 0 Å². The van der Waals surface area contributed by atoms with Gasteiger partial charge in [-0.1, -0.05) is 24.3 Å². The fourth-order valence-corrected chi connectivity index (χ4v) is 4.20. The van der Waals surface area contributed by atoms with Crippen LogP contribution in [-0.2, 0) is 13.1 Å². The van der Waals surface area contributed by atoms with Crippen molar-refractivity contribution < 1.29 is 9.47 Å². The maximum absolute atomic E-state index is 5.65. The Morgan fingerprint density at radius 1 is 0.828 bits per heavy atom. The van der Waals surface area contributed by atoms with Crippen molar-refractivity contribution in [3.8, 4) is 11.5 Å². The van der Waals surface area contributed by atoms with Crippen LogP contribution in [0.4, 0.5) is 0 Å². The van der Waals surface area contributed by atoms with Gasteiger partial charge in [0, 0.05) is 31.5 Å². The van der Waals surface area contributed by atoms with Crippen molar-refractivity contribution in [1.82, 2.24) is 9.47 Å². The Bertz CT molecular complexity index is 899. The topological polar surface area (TPSA) is 26.6 Å². The molecule has 0 radical (unpaired) electrons. The van der Waals surface area contributed by atoms with Gasteiger partial charge in [0.25, 0.3) is 0 Å². The summed E-state index contributed by atoms with van der Waals surface area (Å²) >= 11 is 0. The normalized spacial score (nSPS) is 16.8. The summed E-state index contributed by atoms with van der Waals surface area (Å²) in [5.74, 6) is 1.86. The Balaban J connectivity index is 1.63. The summed E-state index contributed by atoms with van der Waals surface area (Å²) < 4.78 is 13.7. The molecule has 1 atom stereocenters. The van der Waals surface area contributed by atoms with Crippen molar-refractivity contribution in [3.63, 3.8) is 0 Å². The first-order chi connectivity index (χ1) is 14.3. The van der Waals surface area contributed by atoms with Crippen LogP contribution >= 0.6 is 0 Å². The van der Waals surface area contributed by atoms with Gasteiger partial charge in [-0.15, -0.1) is 0 Å². The highest BCUT2D eigenvalue weighted by molar-refractivity contribution is 5.35. The number of hydrogen-bond acceptors (Lipinski definition) is 3. The molecule has 1 aromatic heterocycles. The molecule has 0 saturated carbocycles. The Kier molecular flexibility index (Phi) is 6.20. The van der Waals surface area contributed by atoms with E-state index >= 15 is 0 Å². The molecule has 3 aromatic rings. The van der Waals surface area contributed by atoms with Crippen molar-refractivity contribution in [3.05, 3.63) is 83.7 Å². The van der Waals surface area contributed by atoms with Gasteiger partial charge in [-0.3, -0.25) is 4.90 Å². The molecule has 0 amide bonds. The number of aryl methyl sites for hydroxylation is 1. The molecule has 1 aliphatic heterocycles. The number of rotatable bonds is 7. The fourth-order valence-electron chi connectivity index (χ4n) is 4.20. The van der Waals surface area contributed by atoms with E-state index in [0.29, 0.717) is 13.2 Å². The maximum Gasteiger partial charge on any atom is 0.119 e. The largest absolute Gasteiger partial charge is 0.494 e. The Hall–Kier alpha value is -2.72. The zero-order valence-corrected chi connectivity index (χ0v) is 17.4. The molecule has 29 heavy (non-hydrogen) atoms. The number of benzene rings is 2. The van der Waals surface area contributed by atoms with Crippen molar-refractivity contribution >= 4 is 0 Å². The van der Waals surface area contributed by atoms with Gasteiger partial charge >= 0.3 is 0 Å². The minimum absolute atomic E-state index is 0.231. The third kappa shape index (κ3) is 4.48. The third-order valence-corrected chi connectivity index (χ3v) is 5.48. The first-order valence-corrected chi connectivity index (χ1v) is 10.6. The highest BCUT2D eigenvalue weighted by Gasteiger charge is 2.27. The first kappa shape index (κ1) is 19.6. The quantitative estimate of drug-likeness (QED) is 0.549. The molecule has 0 unspecified atom stereocenters. The Morgan fingerprint density at radius 2 is 1.48 bits per heavy atom. The molecule has 1 aliphatic rings. The summed E-state index contributed by atoms with van der Waals surface area (Å²) in [5, 5.41) is 0. The van der Waals surface area contributed by atoms with E-state index in [2.05, 4.69) is 76.3 Å². The number of aromatic nitrogens is 1. The first-order valence-electron chi connectivity index (χ1n) is 10.6. The van der Waals surface area contributed by atoms with E-state index in [1.54, 1.807) is 0 Å². The summed E-state index contributed by atoms with van der Waals surface area (Å²) in [5.41, 5.74) is 3.98. The van der Waals surface area contributed by atoms with E-state index in [1.165, 1.54) is 16.8 Å². The molecule has 2 aromatic carbocycles. The number of fused-ring (bicyclic) bond motifs is 1. The van der Waals surface area contributed by atoms with Crippen LogP contribution in [0.5, 0.6) is 11.5 Å². The molecule has 4 heteroatoms. The summed E-state index contributed by atoms with van der Waals surface area (Å²) in [7, 11) is 0. The van der Waals surface area contributed by atoms with Crippen LogP contribution in [0.15, 0.2) is 66.9 Å². The van der Waals surface area contributed by atoms with Gasteiger partial charge in [0.05, 0.1) is 19.3 Å². The Morgan fingerprint density at radius 3 is 2.14 bits per heavy atom. The molecular formula is C25H30N2O2. The van der Waals surface area contributed by atoms with E-state index in [4.69, 9.17) is 9.47 Å². The Labute approximate surface area is 173 Å². The van der Waals surface area contributed by atoms with Crippen molar-refractivity contribution in [2.24, 2.45) is 0 Å². The lowest BCUT2D eigenvalue weighted by molar-refractivity contribution is 0.220. The minimum Gasteiger partial charge on any atom is -0.494 e. The predicted octanol–water partition coefficient (Wildman–Crippen LogP) is 5.28. The molecule has 152 valence electrons. The summed E-state index contributed by atoms with van der Waals surface area (Å²) in [6.07, 6.45) is 3.35. The zero-order valence-electron chi connectivity index (χ0n) is 17.4. The van der Waals surface area contributed by atoms with Crippen molar-refractivity contribution in [2.45, 2.75) is 39.4 Å². The maximum atomic E-state index is 5.65. The molecule has 0 N–H and O–H groups in total. The average Bonchev–Trinajstić information content (AvgIpc) is 3.12. The van der Waals surface area contributed by atoms with Gasteiger partial charge in [0.2, 0.25) is 0 Å². The lowest BCUT2D eigenvalue weighted by Crippen LogP contribution is -2.29. The molecule has 0 saturated heterocycles. The molecule has 4 rings (SSSR count). The summed E-state index contributed by atoms with van der Waals surface area (Å²) in [6, 6.07) is 21.8. The predicted molar refractivity (Wildman–Crippen MR) is 117 cm³/mol.